The quantitative estimate of drug-likeness (QED) is 0.197. The summed E-state index contributed by atoms with van der Waals surface area (Å²) in [5.74, 6) is 1.38. The predicted octanol–water partition coefficient (Wildman–Crippen LogP) is 8.14. The summed E-state index contributed by atoms with van der Waals surface area (Å²) in [6, 6.07) is 30.5. The van der Waals surface area contributed by atoms with Crippen LogP contribution in [0.15, 0.2) is 97.1 Å². The van der Waals surface area contributed by atoms with E-state index in [0.717, 1.165) is 32.1 Å². The van der Waals surface area contributed by atoms with Crippen molar-refractivity contribution in [2.24, 2.45) is 5.92 Å². The second kappa shape index (κ2) is 10.7. The molecule has 4 N–H and O–H groups in total. The molecular formula is C35H38O4. The molecule has 0 saturated heterocycles. The SMILES string of the molecule is CC(C)(CC(c1ccc(O)cc1)C1CCCCC1(c1ccc(O)cc1)c1ccc(O)cc1)c1ccc(O)cc1. The molecule has 4 heteroatoms. The largest absolute Gasteiger partial charge is 0.508 e. The number of hydrogen-bond acceptors (Lipinski definition) is 4. The van der Waals surface area contributed by atoms with Crippen LogP contribution in [0.1, 0.15) is 74.1 Å². The molecule has 4 nitrogen and oxygen atoms in total. The minimum Gasteiger partial charge on any atom is -0.508 e. The molecule has 0 heterocycles. The van der Waals surface area contributed by atoms with Gasteiger partial charge in [-0.25, -0.2) is 0 Å². The Kier molecular flexibility index (Phi) is 7.31. The van der Waals surface area contributed by atoms with Gasteiger partial charge < -0.3 is 20.4 Å². The molecule has 5 rings (SSSR count). The van der Waals surface area contributed by atoms with E-state index < -0.39 is 0 Å². The van der Waals surface area contributed by atoms with Gasteiger partial charge in [0.25, 0.3) is 0 Å². The number of benzene rings is 4. The van der Waals surface area contributed by atoms with Gasteiger partial charge in [-0.2, -0.15) is 0 Å². The lowest BCUT2D eigenvalue weighted by Crippen LogP contribution is -2.43. The molecule has 1 saturated carbocycles. The Morgan fingerprint density at radius 2 is 1.08 bits per heavy atom. The minimum atomic E-state index is -0.326. The van der Waals surface area contributed by atoms with Crippen LogP contribution in [0.4, 0.5) is 0 Å². The molecule has 1 fully saturated rings. The van der Waals surface area contributed by atoms with E-state index in [-0.39, 0.29) is 45.7 Å². The third-order valence-electron chi connectivity index (χ3n) is 8.92. The van der Waals surface area contributed by atoms with Gasteiger partial charge in [-0.15, -0.1) is 0 Å². The standard InChI is InChI=1S/C35H38O4/c1-34(2,25-8-16-29(37)17-9-25)23-32(24-6-14-28(36)15-7-24)33-5-3-4-22-35(33,26-10-18-30(38)19-11-26)27-12-20-31(39)21-13-27/h6-21,32-33,36-39H,3-5,22-23H2,1-2H3. The summed E-state index contributed by atoms with van der Waals surface area (Å²) in [5.41, 5.74) is 4.17. The maximum atomic E-state index is 10.1. The zero-order valence-corrected chi connectivity index (χ0v) is 22.7. The lowest BCUT2D eigenvalue weighted by atomic mass is 9.53. The van der Waals surface area contributed by atoms with E-state index >= 15 is 0 Å². The van der Waals surface area contributed by atoms with Gasteiger partial charge in [0.2, 0.25) is 0 Å². The number of rotatable bonds is 7. The van der Waals surface area contributed by atoms with Gasteiger partial charge in [0, 0.05) is 5.41 Å². The van der Waals surface area contributed by atoms with Gasteiger partial charge in [-0.1, -0.05) is 75.2 Å². The highest BCUT2D eigenvalue weighted by atomic mass is 16.3. The first-order chi connectivity index (χ1) is 18.7. The molecule has 0 aromatic heterocycles. The summed E-state index contributed by atoms with van der Waals surface area (Å²) < 4.78 is 0. The molecule has 2 unspecified atom stereocenters. The van der Waals surface area contributed by atoms with Crippen LogP contribution >= 0.6 is 0 Å². The number of phenols is 4. The Labute approximate surface area is 231 Å². The van der Waals surface area contributed by atoms with Crippen molar-refractivity contribution in [3.63, 3.8) is 0 Å². The smallest absolute Gasteiger partial charge is 0.115 e. The second-order valence-electron chi connectivity index (χ2n) is 11.8. The van der Waals surface area contributed by atoms with Crippen LogP contribution in [-0.2, 0) is 10.8 Å². The topological polar surface area (TPSA) is 80.9 Å². The molecule has 39 heavy (non-hydrogen) atoms. The third kappa shape index (κ3) is 5.34. The monoisotopic (exact) mass is 522 g/mol. The van der Waals surface area contributed by atoms with E-state index in [1.165, 1.54) is 22.3 Å². The molecule has 0 spiro atoms. The highest BCUT2D eigenvalue weighted by Crippen LogP contribution is 2.56. The van der Waals surface area contributed by atoms with Crippen molar-refractivity contribution in [2.75, 3.05) is 0 Å². The first-order valence-electron chi connectivity index (χ1n) is 13.9. The molecule has 2 atom stereocenters. The average molecular weight is 523 g/mol. The third-order valence-corrected chi connectivity index (χ3v) is 8.92. The molecule has 4 aromatic rings. The fourth-order valence-electron chi connectivity index (χ4n) is 6.94. The lowest BCUT2D eigenvalue weighted by Gasteiger charge is -2.50. The van der Waals surface area contributed by atoms with Crippen molar-refractivity contribution < 1.29 is 20.4 Å². The van der Waals surface area contributed by atoms with Crippen molar-refractivity contribution in [2.45, 2.75) is 62.7 Å². The Balaban J connectivity index is 1.69. The van der Waals surface area contributed by atoms with Gasteiger partial charge in [0.15, 0.2) is 0 Å². The fraction of sp³-hybridized carbons (Fsp3) is 0.314. The Morgan fingerprint density at radius 3 is 1.56 bits per heavy atom. The molecule has 0 aliphatic heterocycles. The highest BCUT2D eigenvalue weighted by Gasteiger charge is 2.48. The first kappa shape index (κ1) is 26.7. The molecule has 1 aliphatic carbocycles. The summed E-state index contributed by atoms with van der Waals surface area (Å²) >= 11 is 0. The van der Waals surface area contributed by atoms with Crippen molar-refractivity contribution in [1.29, 1.82) is 0 Å². The van der Waals surface area contributed by atoms with Crippen LogP contribution in [0, 0.1) is 5.92 Å². The lowest BCUT2D eigenvalue weighted by molar-refractivity contribution is 0.169. The Morgan fingerprint density at radius 1 is 0.641 bits per heavy atom. The predicted molar refractivity (Wildman–Crippen MR) is 156 cm³/mol. The van der Waals surface area contributed by atoms with Crippen molar-refractivity contribution in [1.82, 2.24) is 0 Å². The number of hydrogen-bond donors (Lipinski definition) is 4. The van der Waals surface area contributed by atoms with E-state index in [9.17, 15) is 20.4 Å². The maximum Gasteiger partial charge on any atom is 0.115 e. The van der Waals surface area contributed by atoms with Crippen molar-refractivity contribution in [3.05, 3.63) is 119 Å². The van der Waals surface area contributed by atoms with Crippen LogP contribution in [0.2, 0.25) is 0 Å². The average Bonchev–Trinajstić information content (AvgIpc) is 2.93. The van der Waals surface area contributed by atoms with Crippen molar-refractivity contribution >= 4 is 0 Å². The molecule has 0 radical (unpaired) electrons. The van der Waals surface area contributed by atoms with E-state index in [2.05, 4.69) is 50.2 Å². The Hall–Kier alpha value is -3.92. The fourth-order valence-corrected chi connectivity index (χ4v) is 6.94. The van der Waals surface area contributed by atoms with Crippen LogP contribution in [-0.4, -0.2) is 20.4 Å². The van der Waals surface area contributed by atoms with E-state index in [0.29, 0.717) is 0 Å². The number of phenolic OH excluding ortho intramolecular Hbond substituents is 4. The molecule has 4 aromatic carbocycles. The second-order valence-corrected chi connectivity index (χ2v) is 11.8. The minimum absolute atomic E-state index is 0.150. The summed E-state index contributed by atoms with van der Waals surface area (Å²) in [5, 5.41) is 40.3. The van der Waals surface area contributed by atoms with Crippen LogP contribution < -0.4 is 0 Å². The van der Waals surface area contributed by atoms with E-state index in [1.54, 1.807) is 48.5 Å². The van der Waals surface area contributed by atoms with Crippen LogP contribution in [0.5, 0.6) is 23.0 Å². The zero-order valence-electron chi connectivity index (χ0n) is 22.7. The normalized spacial score (nSPS) is 17.9. The molecule has 1 aliphatic rings. The summed E-state index contributed by atoms with van der Waals surface area (Å²) in [6.07, 6.45) is 5.06. The summed E-state index contributed by atoms with van der Waals surface area (Å²) in [7, 11) is 0. The molecule has 0 bridgehead atoms. The van der Waals surface area contributed by atoms with Crippen LogP contribution in [0.3, 0.4) is 0 Å². The number of aromatic hydroxyl groups is 4. The van der Waals surface area contributed by atoms with E-state index in [1.807, 2.05) is 12.1 Å². The van der Waals surface area contributed by atoms with Gasteiger partial charge >= 0.3 is 0 Å². The maximum absolute atomic E-state index is 10.1. The Bertz CT molecular complexity index is 1330. The first-order valence-corrected chi connectivity index (χ1v) is 13.9. The van der Waals surface area contributed by atoms with Gasteiger partial charge in [-0.3, -0.25) is 0 Å². The zero-order chi connectivity index (χ0) is 27.6. The molecule has 202 valence electrons. The van der Waals surface area contributed by atoms with Crippen molar-refractivity contribution in [3.8, 4) is 23.0 Å². The molecular weight excluding hydrogens is 484 g/mol. The van der Waals surface area contributed by atoms with Gasteiger partial charge in [-0.05, 0) is 107 Å². The highest BCUT2D eigenvalue weighted by molar-refractivity contribution is 5.46. The van der Waals surface area contributed by atoms with E-state index in [4.69, 9.17) is 0 Å². The summed E-state index contributed by atoms with van der Waals surface area (Å²) in [6.45, 7) is 4.52. The molecule has 0 amide bonds. The van der Waals surface area contributed by atoms with Gasteiger partial charge in [0.05, 0.1) is 0 Å². The summed E-state index contributed by atoms with van der Waals surface area (Å²) in [4.78, 5) is 0. The van der Waals surface area contributed by atoms with Crippen LogP contribution in [0.25, 0.3) is 0 Å². The van der Waals surface area contributed by atoms with Gasteiger partial charge in [0.1, 0.15) is 23.0 Å².